The Labute approximate surface area is 122 Å². The predicted octanol–water partition coefficient (Wildman–Crippen LogP) is 1.31. The Hall–Kier alpha value is -2.15. The zero-order valence-corrected chi connectivity index (χ0v) is 11.9. The van der Waals surface area contributed by atoms with Crippen molar-refractivity contribution in [1.82, 2.24) is 5.32 Å². The molecule has 1 amide bonds. The van der Waals surface area contributed by atoms with Crippen molar-refractivity contribution in [3.8, 4) is 0 Å². The number of rotatable bonds is 6. The first-order valence-corrected chi connectivity index (χ1v) is 6.96. The number of hydrogen-bond donors (Lipinski definition) is 2. The largest absolute Gasteiger partial charge is 0.395 e. The lowest BCUT2D eigenvalue weighted by Crippen LogP contribution is -2.42. The molecule has 1 saturated carbocycles. The van der Waals surface area contributed by atoms with Gasteiger partial charge >= 0.3 is 0 Å². The molecule has 1 aromatic rings. The first-order chi connectivity index (χ1) is 10.1. The van der Waals surface area contributed by atoms with Crippen molar-refractivity contribution in [1.29, 1.82) is 0 Å². The van der Waals surface area contributed by atoms with Gasteiger partial charge in [0, 0.05) is 31.3 Å². The van der Waals surface area contributed by atoms with Gasteiger partial charge in [0.2, 0.25) is 0 Å². The Morgan fingerprint density at radius 3 is 2.71 bits per heavy atom. The van der Waals surface area contributed by atoms with Gasteiger partial charge in [0.15, 0.2) is 0 Å². The van der Waals surface area contributed by atoms with Crippen molar-refractivity contribution in [3.63, 3.8) is 0 Å². The van der Waals surface area contributed by atoms with E-state index >= 15 is 0 Å². The lowest BCUT2D eigenvalue weighted by atomic mass is 9.90. The van der Waals surface area contributed by atoms with Gasteiger partial charge < -0.3 is 15.3 Å². The van der Waals surface area contributed by atoms with Crippen LogP contribution < -0.4 is 10.2 Å². The number of amides is 1. The second-order valence-corrected chi connectivity index (χ2v) is 5.04. The van der Waals surface area contributed by atoms with Crippen LogP contribution in [0, 0.1) is 10.1 Å². The molecule has 0 heterocycles. The third-order valence-corrected chi connectivity index (χ3v) is 3.83. The van der Waals surface area contributed by atoms with E-state index in [9.17, 15) is 20.0 Å². The number of aliphatic hydroxyl groups is 1. The molecule has 1 aliphatic rings. The van der Waals surface area contributed by atoms with Crippen LogP contribution in [0.25, 0.3) is 0 Å². The van der Waals surface area contributed by atoms with Crippen molar-refractivity contribution < 1.29 is 14.8 Å². The van der Waals surface area contributed by atoms with E-state index in [1.807, 2.05) is 4.90 Å². The van der Waals surface area contributed by atoms with E-state index in [0.29, 0.717) is 12.2 Å². The van der Waals surface area contributed by atoms with Crippen LogP contribution in [0.5, 0.6) is 0 Å². The molecule has 0 atom stereocenters. The van der Waals surface area contributed by atoms with Gasteiger partial charge in [-0.1, -0.05) is 0 Å². The lowest BCUT2D eigenvalue weighted by molar-refractivity contribution is -0.384. The van der Waals surface area contributed by atoms with Gasteiger partial charge in [0.1, 0.15) is 5.69 Å². The molecule has 114 valence electrons. The summed E-state index contributed by atoms with van der Waals surface area (Å²) in [5.41, 5.74) is 0.619. The van der Waals surface area contributed by atoms with Crippen molar-refractivity contribution in [2.45, 2.75) is 25.3 Å². The number of nitrogens with one attached hydrogen (secondary N) is 1. The Morgan fingerprint density at radius 2 is 2.24 bits per heavy atom. The molecule has 7 heteroatoms. The van der Waals surface area contributed by atoms with Crippen molar-refractivity contribution in [2.24, 2.45) is 0 Å². The van der Waals surface area contributed by atoms with Crippen LogP contribution in [-0.2, 0) is 0 Å². The highest BCUT2D eigenvalue weighted by atomic mass is 16.6. The molecule has 2 rings (SSSR count). The molecule has 0 aliphatic heterocycles. The molecule has 1 aliphatic carbocycles. The highest BCUT2D eigenvalue weighted by Crippen LogP contribution is 2.35. The SMILES string of the molecule is CNC(=O)c1ccc(N(CCO)C2CCC2)c([N+](=O)[O-])c1. The zero-order valence-electron chi connectivity index (χ0n) is 11.9. The molecule has 0 radical (unpaired) electrons. The van der Waals surface area contributed by atoms with Crippen LogP contribution in [0.4, 0.5) is 11.4 Å². The first kappa shape index (κ1) is 15.2. The van der Waals surface area contributed by atoms with Crippen LogP contribution in [0.2, 0.25) is 0 Å². The summed E-state index contributed by atoms with van der Waals surface area (Å²) in [6, 6.07) is 4.68. The summed E-state index contributed by atoms with van der Waals surface area (Å²) in [6.07, 6.45) is 3.03. The third kappa shape index (κ3) is 3.13. The van der Waals surface area contributed by atoms with E-state index < -0.39 is 4.92 Å². The topological polar surface area (TPSA) is 95.7 Å². The van der Waals surface area contributed by atoms with E-state index in [1.165, 1.54) is 13.1 Å². The van der Waals surface area contributed by atoms with Gasteiger partial charge in [-0.2, -0.15) is 0 Å². The summed E-state index contributed by atoms with van der Waals surface area (Å²) in [5, 5.41) is 23.0. The van der Waals surface area contributed by atoms with E-state index in [4.69, 9.17) is 0 Å². The van der Waals surface area contributed by atoms with Crippen LogP contribution in [0.15, 0.2) is 18.2 Å². The molecule has 0 aromatic heterocycles. The maximum Gasteiger partial charge on any atom is 0.293 e. The Kier molecular flexibility index (Phi) is 4.74. The van der Waals surface area contributed by atoms with Gasteiger partial charge in [-0.3, -0.25) is 14.9 Å². The van der Waals surface area contributed by atoms with Crippen LogP contribution in [0.3, 0.4) is 0 Å². The Balaban J connectivity index is 2.40. The van der Waals surface area contributed by atoms with Crippen molar-refractivity contribution in [2.75, 3.05) is 25.1 Å². The molecule has 0 bridgehead atoms. The standard InChI is InChI=1S/C14H19N3O4/c1-15-14(19)10-5-6-12(13(9-10)17(20)21)16(7-8-18)11-3-2-4-11/h5-6,9,11,18H,2-4,7-8H2,1H3,(H,15,19). The third-order valence-electron chi connectivity index (χ3n) is 3.83. The number of carbonyl (C=O) groups is 1. The van der Waals surface area contributed by atoms with E-state index in [2.05, 4.69) is 5.32 Å². The van der Waals surface area contributed by atoms with Gasteiger partial charge in [-0.25, -0.2) is 0 Å². The van der Waals surface area contributed by atoms with E-state index in [1.54, 1.807) is 12.1 Å². The van der Waals surface area contributed by atoms with Gasteiger partial charge in [0.25, 0.3) is 11.6 Å². The summed E-state index contributed by atoms with van der Waals surface area (Å²) < 4.78 is 0. The molecular formula is C14H19N3O4. The number of anilines is 1. The maximum atomic E-state index is 11.6. The Morgan fingerprint density at radius 1 is 1.52 bits per heavy atom. The average molecular weight is 293 g/mol. The minimum absolute atomic E-state index is 0.0646. The highest BCUT2D eigenvalue weighted by molar-refractivity contribution is 5.95. The average Bonchev–Trinajstić information content (AvgIpc) is 2.43. The normalized spacial score (nSPS) is 14.4. The number of nitro groups is 1. The summed E-state index contributed by atoms with van der Waals surface area (Å²) in [5.74, 6) is -0.359. The second kappa shape index (κ2) is 6.53. The minimum atomic E-state index is -0.481. The number of hydrogen-bond acceptors (Lipinski definition) is 5. The van der Waals surface area contributed by atoms with Gasteiger partial charge in [0.05, 0.1) is 11.5 Å². The predicted molar refractivity (Wildman–Crippen MR) is 78.6 cm³/mol. The fourth-order valence-electron chi connectivity index (χ4n) is 2.50. The van der Waals surface area contributed by atoms with E-state index in [0.717, 1.165) is 19.3 Å². The molecule has 2 N–H and O–H groups in total. The molecule has 21 heavy (non-hydrogen) atoms. The van der Waals surface area contributed by atoms with Crippen LogP contribution in [0.1, 0.15) is 29.6 Å². The molecule has 1 fully saturated rings. The molecular weight excluding hydrogens is 274 g/mol. The second-order valence-electron chi connectivity index (χ2n) is 5.04. The van der Waals surface area contributed by atoms with Crippen molar-refractivity contribution >= 4 is 17.3 Å². The number of nitrogens with zero attached hydrogens (tertiary/aromatic N) is 2. The fraction of sp³-hybridized carbons (Fsp3) is 0.500. The van der Waals surface area contributed by atoms with Crippen LogP contribution >= 0.6 is 0 Å². The molecule has 0 spiro atoms. The number of nitro benzene ring substituents is 1. The number of carbonyl (C=O) groups excluding carboxylic acids is 1. The number of aliphatic hydroxyl groups excluding tert-OH is 1. The molecule has 0 saturated heterocycles. The summed E-state index contributed by atoms with van der Waals surface area (Å²) in [7, 11) is 1.48. The molecule has 0 unspecified atom stereocenters. The highest BCUT2D eigenvalue weighted by Gasteiger charge is 2.29. The summed E-state index contributed by atoms with van der Waals surface area (Å²) in [6.45, 7) is 0.287. The first-order valence-electron chi connectivity index (χ1n) is 6.96. The smallest absolute Gasteiger partial charge is 0.293 e. The van der Waals surface area contributed by atoms with Gasteiger partial charge in [-0.05, 0) is 31.4 Å². The summed E-state index contributed by atoms with van der Waals surface area (Å²) >= 11 is 0. The van der Waals surface area contributed by atoms with Gasteiger partial charge in [-0.15, -0.1) is 0 Å². The summed E-state index contributed by atoms with van der Waals surface area (Å²) in [4.78, 5) is 24.3. The van der Waals surface area contributed by atoms with Crippen LogP contribution in [-0.4, -0.2) is 42.2 Å². The lowest BCUT2D eigenvalue weighted by Gasteiger charge is -2.38. The molecule has 7 nitrogen and oxygen atoms in total. The van der Waals surface area contributed by atoms with E-state index in [-0.39, 0.29) is 29.8 Å². The number of benzene rings is 1. The zero-order chi connectivity index (χ0) is 15.4. The van der Waals surface area contributed by atoms with Crippen molar-refractivity contribution in [3.05, 3.63) is 33.9 Å². The monoisotopic (exact) mass is 293 g/mol. The fourth-order valence-corrected chi connectivity index (χ4v) is 2.50. The Bertz CT molecular complexity index is 543. The quantitative estimate of drug-likeness (QED) is 0.609. The minimum Gasteiger partial charge on any atom is -0.395 e. The molecule has 1 aromatic carbocycles. The maximum absolute atomic E-state index is 11.6.